The van der Waals surface area contributed by atoms with Crippen LogP contribution in [0, 0.1) is 0 Å². The van der Waals surface area contributed by atoms with Gasteiger partial charge in [0.1, 0.15) is 11.3 Å². The number of benzene rings is 1. The van der Waals surface area contributed by atoms with E-state index in [-0.39, 0.29) is 9.75 Å². The van der Waals surface area contributed by atoms with E-state index >= 15 is 0 Å². The van der Waals surface area contributed by atoms with Gasteiger partial charge in [-0.25, -0.2) is 0 Å². The van der Waals surface area contributed by atoms with Gasteiger partial charge in [0.15, 0.2) is 5.43 Å². The first-order valence-corrected chi connectivity index (χ1v) is 9.37. The van der Waals surface area contributed by atoms with Crippen molar-refractivity contribution in [2.75, 3.05) is 0 Å². The molecule has 1 aliphatic carbocycles. The Labute approximate surface area is 141 Å². The molecular formula is C17H18Br2O2. The van der Waals surface area contributed by atoms with Crippen LogP contribution in [-0.4, -0.2) is 0 Å². The van der Waals surface area contributed by atoms with Gasteiger partial charge in [-0.1, -0.05) is 69.7 Å². The topological polar surface area (TPSA) is 30.2 Å². The van der Waals surface area contributed by atoms with Crippen LogP contribution in [0.25, 0.3) is 11.0 Å². The number of para-hydroxylation sites is 1. The molecule has 0 radical (unpaired) electrons. The van der Waals surface area contributed by atoms with Gasteiger partial charge in [-0.3, -0.25) is 4.79 Å². The van der Waals surface area contributed by atoms with Crippen molar-refractivity contribution in [1.82, 2.24) is 0 Å². The summed E-state index contributed by atoms with van der Waals surface area (Å²) in [6, 6.07) is 7.42. The molecule has 3 rings (SSSR count). The molecule has 1 fully saturated rings. The predicted octanol–water partition coefficient (Wildman–Crippen LogP) is 5.63. The number of hydrogen-bond donors (Lipinski definition) is 0. The van der Waals surface area contributed by atoms with Gasteiger partial charge >= 0.3 is 0 Å². The zero-order chi connectivity index (χ0) is 14.9. The summed E-state index contributed by atoms with van der Waals surface area (Å²) in [7, 11) is 0. The molecular weight excluding hydrogens is 396 g/mol. The third-order valence-corrected chi connectivity index (χ3v) is 6.11. The Morgan fingerprint density at radius 1 is 1.14 bits per heavy atom. The highest BCUT2D eigenvalue weighted by Gasteiger charge is 2.33. The molecule has 0 bridgehead atoms. The van der Waals surface area contributed by atoms with Gasteiger partial charge in [0, 0.05) is 17.0 Å². The zero-order valence-corrected chi connectivity index (χ0v) is 15.0. The maximum absolute atomic E-state index is 12.4. The van der Waals surface area contributed by atoms with Gasteiger partial charge in [-0.2, -0.15) is 0 Å². The second kappa shape index (κ2) is 6.25. The van der Waals surface area contributed by atoms with Crippen LogP contribution in [0.3, 0.4) is 0 Å². The Morgan fingerprint density at radius 3 is 2.52 bits per heavy atom. The van der Waals surface area contributed by atoms with Gasteiger partial charge in [-0.15, -0.1) is 0 Å². The molecule has 2 aromatic rings. The number of alkyl halides is 2. The molecule has 112 valence electrons. The monoisotopic (exact) mass is 412 g/mol. The van der Waals surface area contributed by atoms with Crippen molar-refractivity contribution >= 4 is 42.8 Å². The molecule has 4 heteroatoms. The van der Waals surface area contributed by atoms with Crippen molar-refractivity contribution in [2.24, 2.45) is 0 Å². The van der Waals surface area contributed by atoms with Gasteiger partial charge in [0.05, 0.1) is 9.71 Å². The number of rotatable bonds is 2. The van der Waals surface area contributed by atoms with Crippen LogP contribution in [0.1, 0.15) is 49.8 Å². The summed E-state index contributed by atoms with van der Waals surface area (Å²) in [5.74, 6) is 0.787. The SMILES string of the molecule is O=c1cc(C2(Br)CCCCCC2)oc2c(CBr)cccc12. The highest BCUT2D eigenvalue weighted by Crippen LogP contribution is 2.44. The van der Waals surface area contributed by atoms with Crippen LogP contribution in [0.15, 0.2) is 33.5 Å². The van der Waals surface area contributed by atoms with Crippen LogP contribution in [0.2, 0.25) is 0 Å². The van der Waals surface area contributed by atoms with E-state index in [0.29, 0.717) is 10.7 Å². The lowest BCUT2D eigenvalue weighted by atomic mass is 9.96. The van der Waals surface area contributed by atoms with Gasteiger partial charge in [0.25, 0.3) is 0 Å². The first-order chi connectivity index (χ1) is 10.1. The van der Waals surface area contributed by atoms with Gasteiger partial charge in [-0.05, 0) is 18.9 Å². The Morgan fingerprint density at radius 2 is 1.86 bits per heavy atom. The maximum Gasteiger partial charge on any atom is 0.193 e. The van der Waals surface area contributed by atoms with E-state index < -0.39 is 0 Å². The van der Waals surface area contributed by atoms with Crippen LogP contribution in [0.5, 0.6) is 0 Å². The van der Waals surface area contributed by atoms with Crippen molar-refractivity contribution < 1.29 is 4.42 Å². The van der Waals surface area contributed by atoms with Crippen LogP contribution < -0.4 is 5.43 Å². The summed E-state index contributed by atoms with van der Waals surface area (Å²) < 4.78 is 6.00. The Hall–Kier alpha value is -0.610. The van der Waals surface area contributed by atoms with Gasteiger partial charge in [0.2, 0.25) is 0 Å². The average Bonchev–Trinajstić information content (AvgIpc) is 2.72. The zero-order valence-electron chi connectivity index (χ0n) is 11.8. The average molecular weight is 414 g/mol. The summed E-state index contributed by atoms with van der Waals surface area (Å²) in [4.78, 5) is 12.4. The largest absolute Gasteiger partial charge is 0.459 e. The molecule has 0 N–H and O–H groups in total. The van der Waals surface area contributed by atoms with E-state index in [1.807, 2.05) is 18.2 Å². The van der Waals surface area contributed by atoms with E-state index in [1.165, 1.54) is 25.7 Å². The van der Waals surface area contributed by atoms with Crippen molar-refractivity contribution in [3.05, 3.63) is 45.8 Å². The summed E-state index contributed by atoms with van der Waals surface area (Å²) >= 11 is 7.35. The fourth-order valence-corrected chi connectivity index (χ4v) is 4.29. The summed E-state index contributed by atoms with van der Waals surface area (Å²) in [5.41, 5.74) is 1.80. The molecule has 0 spiro atoms. The number of halogens is 2. The van der Waals surface area contributed by atoms with E-state index in [1.54, 1.807) is 6.07 Å². The minimum Gasteiger partial charge on any atom is -0.459 e. The molecule has 0 amide bonds. The molecule has 1 aliphatic rings. The van der Waals surface area contributed by atoms with Crippen LogP contribution in [0.4, 0.5) is 0 Å². The Balaban J connectivity index is 2.17. The highest BCUT2D eigenvalue weighted by molar-refractivity contribution is 9.09. The molecule has 1 aromatic heterocycles. The van der Waals surface area contributed by atoms with E-state index in [4.69, 9.17) is 4.42 Å². The lowest BCUT2D eigenvalue weighted by molar-refractivity contribution is 0.421. The first-order valence-electron chi connectivity index (χ1n) is 7.45. The van der Waals surface area contributed by atoms with Crippen LogP contribution >= 0.6 is 31.9 Å². The summed E-state index contributed by atoms with van der Waals surface area (Å²) in [6.07, 6.45) is 6.92. The highest BCUT2D eigenvalue weighted by atomic mass is 79.9. The number of hydrogen-bond acceptors (Lipinski definition) is 2. The number of fused-ring (bicyclic) bond motifs is 1. The van der Waals surface area contributed by atoms with Crippen molar-refractivity contribution in [3.63, 3.8) is 0 Å². The quantitative estimate of drug-likeness (QED) is 0.471. The van der Waals surface area contributed by atoms with Crippen molar-refractivity contribution in [3.8, 4) is 0 Å². The third kappa shape index (κ3) is 2.98. The van der Waals surface area contributed by atoms with E-state index in [0.717, 1.165) is 29.7 Å². The lowest BCUT2D eigenvalue weighted by Gasteiger charge is -2.25. The van der Waals surface area contributed by atoms with E-state index in [9.17, 15) is 4.79 Å². The Bertz CT molecular complexity index is 697. The molecule has 2 nitrogen and oxygen atoms in total. The molecule has 0 aliphatic heterocycles. The van der Waals surface area contributed by atoms with E-state index in [2.05, 4.69) is 31.9 Å². The fourth-order valence-electron chi connectivity index (χ4n) is 3.10. The summed E-state index contributed by atoms with van der Waals surface area (Å²) in [6.45, 7) is 0. The van der Waals surface area contributed by atoms with Crippen LogP contribution in [-0.2, 0) is 9.65 Å². The predicted molar refractivity (Wildman–Crippen MR) is 93.4 cm³/mol. The molecule has 21 heavy (non-hydrogen) atoms. The Kier molecular flexibility index (Phi) is 4.55. The standard InChI is InChI=1S/C17H18Br2O2/c18-11-12-6-5-7-13-14(20)10-15(21-16(12)13)17(19)8-3-1-2-4-9-17/h5-7,10H,1-4,8-9,11H2. The second-order valence-corrected chi connectivity index (χ2v) is 7.86. The molecule has 0 saturated heterocycles. The molecule has 0 atom stereocenters. The van der Waals surface area contributed by atoms with Crippen molar-refractivity contribution in [1.29, 1.82) is 0 Å². The lowest BCUT2D eigenvalue weighted by Crippen LogP contribution is -2.19. The minimum atomic E-state index is -0.184. The fraction of sp³-hybridized carbons (Fsp3) is 0.471. The summed E-state index contributed by atoms with van der Waals surface area (Å²) in [5, 5.41) is 1.35. The molecule has 1 heterocycles. The molecule has 1 saturated carbocycles. The smallest absolute Gasteiger partial charge is 0.193 e. The molecule has 1 aromatic carbocycles. The molecule has 0 unspecified atom stereocenters. The minimum absolute atomic E-state index is 0.0529. The second-order valence-electron chi connectivity index (χ2n) is 5.78. The normalized spacial score (nSPS) is 18.6. The van der Waals surface area contributed by atoms with Crippen molar-refractivity contribution in [2.45, 2.75) is 48.2 Å². The first kappa shape index (κ1) is 15.3. The maximum atomic E-state index is 12.4. The van der Waals surface area contributed by atoms with Gasteiger partial charge < -0.3 is 4.42 Å². The third-order valence-electron chi connectivity index (χ3n) is 4.32.